The zero-order valence-electron chi connectivity index (χ0n) is 13.1. The minimum absolute atomic E-state index is 0.0232. The number of rotatable bonds is 3. The predicted molar refractivity (Wildman–Crippen MR) is 82.3 cm³/mol. The summed E-state index contributed by atoms with van der Waals surface area (Å²) in [5.74, 6) is 0. The van der Waals surface area contributed by atoms with Crippen molar-refractivity contribution in [2.45, 2.75) is 37.5 Å². The zero-order chi connectivity index (χ0) is 15.0. The molecule has 0 saturated carbocycles. The smallest absolute Gasteiger partial charge is 0.0949 e. The molecule has 0 unspecified atom stereocenters. The number of piperidine rings is 1. The average Bonchev–Trinajstić information content (AvgIpc) is 3.21. The number of imidazole rings is 1. The van der Waals surface area contributed by atoms with Gasteiger partial charge < -0.3 is 9.30 Å². The molecule has 2 aromatic heterocycles. The summed E-state index contributed by atoms with van der Waals surface area (Å²) >= 11 is 0. The van der Waals surface area contributed by atoms with Crippen molar-refractivity contribution < 1.29 is 4.74 Å². The fourth-order valence-corrected chi connectivity index (χ4v) is 3.92. The van der Waals surface area contributed by atoms with Crippen LogP contribution in [0.3, 0.4) is 0 Å². The van der Waals surface area contributed by atoms with Gasteiger partial charge in [0.25, 0.3) is 0 Å². The van der Waals surface area contributed by atoms with Crippen molar-refractivity contribution in [1.29, 1.82) is 0 Å². The Morgan fingerprint density at radius 2 is 2.41 bits per heavy atom. The van der Waals surface area contributed by atoms with Crippen molar-refractivity contribution in [3.8, 4) is 0 Å². The van der Waals surface area contributed by atoms with Crippen LogP contribution in [0, 0.1) is 0 Å². The second-order valence-electron chi connectivity index (χ2n) is 6.70. The van der Waals surface area contributed by atoms with Gasteiger partial charge in [-0.05, 0) is 19.4 Å². The molecule has 0 aliphatic carbocycles. The van der Waals surface area contributed by atoms with Gasteiger partial charge in [-0.15, -0.1) is 0 Å². The Bertz CT molecular complexity index is 622. The molecule has 6 nitrogen and oxygen atoms in total. The van der Waals surface area contributed by atoms with E-state index >= 15 is 0 Å². The van der Waals surface area contributed by atoms with Crippen LogP contribution in [-0.4, -0.2) is 49.5 Å². The van der Waals surface area contributed by atoms with E-state index in [1.54, 1.807) is 0 Å². The van der Waals surface area contributed by atoms with Crippen LogP contribution in [0.1, 0.15) is 30.9 Å². The maximum absolute atomic E-state index is 6.28. The number of nitrogens with zero attached hydrogens (tertiary/aromatic N) is 5. The molecule has 2 aliphatic rings. The molecule has 0 radical (unpaired) electrons. The van der Waals surface area contributed by atoms with Crippen molar-refractivity contribution in [3.05, 3.63) is 36.7 Å². The first kappa shape index (κ1) is 14.0. The van der Waals surface area contributed by atoms with Gasteiger partial charge >= 0.3 is 0 Å². The third-order valence-electron chi connectivity index (χ3n) is 4.92. The molecule has 2 aliphatic heterocycles. The van der Waals surface area contributed by atoms with Crippen molar-refractivity contribution in [3.63, 3.8) is 0 Å². The Labute approximate surface area is 130 Å². The van der Waals surface area contributed by atoms with Crippen LogP contribution in [0.15, 0.2) is 31.1 Å². The van der Waals surface area contributed by atoms with E-state index < -0.39 is 0 Å². The fraction of sp³-hybridized carbons (Fsp3) is 0.625. The lowest BCUT2D eigenvalue weighted by atomic mass is 9.88. The van der Waals surface area contributed by atoms with Crippen LogP contribution in [0.5, 0.6) is 0 Å². The summed E-state index contributed by atoms with van der Waals surface area (Å²) in [6.07, 6.45) is 13.3. The highest BCUT2D eigenvalue weighted by Gasteiger charge is 2.43. The molecule has 0 amide bonds. The Hall–Kier alpha value is -1.66. The Morgan fingerprint density at radius 3 is 3.18 bits per heavy atom. The maximum Gasteiger partial charge on any atom is 0.0949 e. The summed E-state index contributed by atoms with van der Waals surface area (Å²) in [6.45, 7) is 3.94. The highest BCUT2D eigenvalue weighted by molar-refractivity contribution is 5.05. The molecular formula is C16H23N5O. The maximum atomic E-state index is 6.28. The van der Waals surface area contributed by atoms with Gasteiger partial charge in [0.15, 0.2) is 0 Å². The summed E-state index contributed by atoms with van der Waals surface area (Å²) in [5.41, 5.74) is 1.30. The molecule has 22 heavy (non-hydrogen) atoms. The summed E-state index contributed by atoms with van der Waals surface area (Å²) in [6, 6.07) is 0.431. The second-order valence-corrected chi connectivity index (χ2v) is 6.70. The summed E-state index contributed by atoms with van der Waals surface area (Å²) in [5, 5.41) is 4.27. The highest BCUT2D eigenvalue weighted by Crippen LogP contribution is 2.39. The lowest BCUT2D eigenvalue weighted by molar-refractivity contribution is -0.0534. The van der Waals surface area contributed by atoms with Gasteiger partial charge in [0, 0.05) is 50.7 Å². The third kappa shape index (κ3) is 2.68. The zero-order valence-corrected chi connectivity index (χ0v) is 13.1. The van der Waals surface area contributed by atoms with E-state index in [2.05, 4.69) is 25.7 Å². The molecule has 2 atom stereocenters. The number of likely N-dealkylation sites (tertiary alicyclic amines) is 1. The molecular weight excluding hydrogens is 278 g/mol. The second kappa shape index (κ2) is 5.52. The van der Waals surface area contributed by atoms with E-state index in [9.17, 15) is 0 Å². The van der Waals surface area contributed by atoms with E-state index in [0.29, 0.717) is 6.04 Å². The molecule has 2 aromatic rings. The molecule has 1 spiro atoms. The molecule has 2 fully saturated rings. The van der Waals surface area contributed by atoms with Crippen LogP contribution in [-0.2, 0) is 18.3 Å². The van der Waals surface area contributed by atoms with E-state index in [1.807, 2.05) is 36.6 Å². The predicted octanol–water partition coefficient (Wildman–Crippen LogP) is 1.61. The molecule has 6 heteroatoms. The largest absolute Gasteiger partial charge is 0.371 e. The average molecular weight is 301 g/mol. The topological polar surface area (TPSA) is 48.1 Å². The van der Waals surface area contributed by atoms with Gasteiger partial charge in [-0.3, -0.25) is 9.58 Å². The minimum atomic E-state index is 0.0232. The number of hydrogen-bond acceptors (Lipinski definition) is 4. The van der Waals surface area contributed by atoms with Crippen molar-refractivity contribution in [2.24, 2.45) is 7.05 Å². The standard InChI is InChI=1S/C16H23N5O/c1-19-9-14(8-18-19)10-20-5-2-3-16(12-20)7-15(11-22-16)21-6-4-17-13-21/h4,6,8-9,13,15H,2-3,5,7,10-12H2,1H3/t15-,16+/m1/s1. The van der Waals surface area contributed by atoms with Gasteiger partial charge in [-0.2, -0.15) is 5.10 Å². The van der Waals surface area contributed by atoms with E-state index in [0.717, 1.165) is 32.7 Å². The van der Waals surface area contributed by atoms with Crippen LogP contribution < -0.4 is 0 Å². The van der Waals surface area contributed by atoms with Crippen molar-refractivity contribution in [1.82, 2.24) is 24.2 Å². The van der Waals surface area contributed by atoms with Crippen LogP contribution >= 0.6 is 0 Å². The van der Waals surface area contributed by atoms with Crippen molar-refractivity contribution >= 4 is 0 Å². The molecule has 118 valence electrons. The SMILES string of the molecule is Cn1cc(CN2CCC[C@]3(C[C@@H](n4ccnc4)CO3)C2)cn1. The van der Waals surface area contributed by atoms with Gasteiger partial charge in [-0.1, -0.05) is 0 Å². The van der Waals surface area contributed by atoms with E-state index in [4.69, 9.17) is 4.74 Å². The van der Waals surface area contributed by atoms with E-state index in [-0.39, 0.29) is 5.60 Å². The number of hydrogen-bond donors (Lipinski definition) is 0. The first-order chi connectivity index (χ1) is 10.7. The van der Waals surface area contributed by atoms with Gasteiger partial charge in [0.1, 0.15) is 0 Å². The number of aromatic nitrogens is 4. The number of ether oxygens (including phenoxy) is 1. The molecule has 0 aromatic carbocycles. The van der Waals surface area contributed by atoms with Crippen LogP contribution in [0.25, 0.3) is 0 Å². The monoisotopic (exact) mass is 301 g/mol. The molecule has 0 N–H and O–H groups in total. The van der Waals surface area contributed by atoms with Crippen LogP contribution in [0.2, 0.25) is 0 Å². The van der Waals surface area contributed by atoms with Gasteiger partial charge in [0.2, 0.25) is 0 Å². The summed E-state index contributed by atoms with van der Waals surface area (Å²) < 4.78 is 10.3. The summed E-state index contributed by atoms with van der Waals surface area (Å²) in [4.78, 5) is 6.67. The molecule has 2 saturated heterocycles. The quantitative estimate of drug-likeness (QED) is 0.864. The normalized spacial score (nSPS) is 29.4. The van der Waals surface area contributed by atoms with Gasteiger partial charge in [-0.25, -0.2) is 4.98 Å². The Morgan fingerprint density at radius 1 is 1.45 bits per heavy atom. The minimum Gasteiger partial charge on any atom is -0.371 e. The number of aryl methyl sites for hydroxylation is 1. The molecule has 4 heterocycles. The lowest BCUT2D eigenvalue weighted by Crippen LogP contribution is -2.47. The van der Waals surface area contributed by atoms with E-state index in [1.165, 1.54) is 18.4 Å². The molecule has 4 rings (SSSR count). The Kier molecular flexibility index (Phi) is 3.50. The third-order valence-corrected chi connectivity index (χ3v) is 4.92. The summed E-state index contributed by atoms with van der Waals surface area (Å²) in [7, 11) is 1.97. The fourth-order valence-electron chi connectivity index (χ4n) is 3.92. The van der Waals surface area contributed by atoms with Crippen molar-refractivity contribution in [2.75, 3.05) is 19.7 Å². The first-order valence-electron chi connectivity index (χ1n) is 8.04. The Balaban J connectivity index is 1.42. The van der Waals surface area contributed by atoms with Crippen LogP contribution in [0.4, 0.5) is 0 Å². The highest BCUT2D eigenvalue weighted by atomic mass is 16.5. The van der Waals surface area contributed by atoms with Gasteiger partial charge in [0.05, 0.1) is 30.8 Å². The first-order valence-corrected chi connectivity index (χ1v) is 8.04. The molecule has 0 bridgehead atoms. The lowest BCUT2D eigenvalue weighted by Gasteiger charge is -2.39.